The molecule has 0 amide bonds. The van der Waals surface area contributed by atoms with Crippen molar-refractivity contribution >= 4 is 12.1 Å². The normalized spacial score (nSPS) is 11.1. The van der Waals surface area contributed by atoms with Crippen LogP contribution in [-0.4, -0.2) is 27.1 Å². The van der Waals surface area contributed by atoms with Gasteiger partial charge in [-0.05, 0) is 56.7 Å². The summed E-state index contributed by atoms with van der Waals surface area (Å²) in [5, 5.41) is 18.1. The van der Waals surface area contributed by atoms with Gasteiger partial charge in [0.2, 0.25) is 5.69 Å². The van der Waals surface area contributed by atoms with E-state index in [1.165, 1.54) is 6.39 Å². The molecule has 0 bridgehead atoms. The van der Waals surface area contributed by atoms with Crippen molar-refractivity contribution in [1.29, 1.82) is 5.26 Å². The lowest BCUT2D eigenvalue weighted by atomic mass is 10.1. The van der Waals surface area contributed by atoms with E-state index in [0.717, 1.165) is 33.8 Å². The number of ether oxygens (including phenoxy) is 1. The van der Waals surface area contributed by atoms with E-state index in [0.29, 0.717) is 0 Å². The summed E-state index contributed by atoms with van der Waals surface area (Å²) in [6, 6.07) is 17.8. The highest BCUT2D eigenvalue weighted by Gasteiger charge is 2.14. The van der Waals surface area contributed by atoms with Gasteiger partial charge in [-0.25, -0.2) is 15.1 Å². The Labute approximate surface area is 185 Å². The molecule has 0 spiro atoms. The quantitative estimate of drug-likeness (QED) is 0.332. The van der Waals surface area contributed by atoms with E-state index in [1.807, 2.05) is 81.6 Å². The number of oxazole rings is 1. The molecule has 160 valence electrons. The number of anilines is 1. The van der Waals surface area contributed by atoms with E-state index in [4.69, 9.17) is 19.5 Å². The number of hydrazone groups is 1. The Morgan fingerprint density at radius 1 is 1.22 bits per heavy atom. The van der Waals surface area contributed by atoms with Gasteiger partial charge in [0.25, 0.3) is 5.88 Å². The lowest BCUT2D eigenvalue weighted by Gasteiger charge is -2.13. The van der Waals surface area contributed by atoms with Crippen molar-refractivity contribution in [2.75, 3.05) is 5.43 Å². The van der Waals surface area contributed by atoms with Crippen LogP contribution in [0.1, 0.15) is 30.7 Å². The molecule has 8 heteroatoms. The van der Waals surface area contributed by atoms with Crippen LogP contribution >= 0.6 is 0 Å². The maximum Gasteiger partial charge on any atom is 0.251 e. The number of rotatable bonds is 7. The van der Waals surface area contributed by atoms with Gasteiger partial charge in [0, 0.05) is 17.3 Å². The van der Waals surface area contributed by atoms with Gasteiger partial charge in [0.1, 0.15) is 17.5 Å². The first-order valence-electron chi connectivity index (χ1n) is 10.1. The van der Waals surface area contributed by atoms with Crippen LogP contribution in [0.4, 0.5) is 5.88 Å². The van der Waals surface area contributed by atoms with Gasteiger partial charge in [-0.15, -0.1) is 0 Å². The minimum atomic E-state index is 0.0972. The van der Waals surface area contributed by atoms with Crippen molar-refractivity contribution in [3.63, 3.8) is 0 Å². The molecule has 4 aromatic rings. The maximum atomic E-state index is 9.06. The molecule has 0 saturated carbocycles. The van der Waals surface area contributed by atoms with Crippen LogP contribution in [0.2, 0.25) is 0 Å². The molecule has 0 atom stereocenters. The maximum absolute atomic E-state index is 9.06. The molecule has 0 unspecified atom stereocenters. The third-order valence-corrected chi connectivity index (χ3v) is 4.62. The van der Waals surface area contributed by atoms with Crippen molar-refractivity contribution in [1.82, 2.24) is 14.8 Å². The summed E-state index contributed by atoms with van der Waals surface area (Å²) < 4.78 is 12.8. The Balaban J connectivity index is 1.70. The van der Waals surface area contributed by atoms with Gasteiger partial charge in [-0.1, -0.05) is 18.2 Å². The molecule has 0 aliphatic carbocycles. The molecule has 0 aliphatic heterocycles. The van der Waals surface area contributed by atoms with Gasteiger partial charge in [0.15, 0.2) is 6.39 Å². The van der Waals surface area contributed by atoms with Crippen LogP contribution in [0.15, 0.2) is 70.6 Å². The van der Waals surface area contributed by atoms with Crippen LogP contribution in [0.3, 0.4) is 0 Å². The van der Waals surface area contributed by atoms with E-state index < -0.39 is 0 Å². The topological polar surface area (TPSA) is 101 Å². The number of hydrogen-bond donors (Lipinski definition) is 1. The SMILES string of the molecule is Cc1cc(-c2nn(-c3ccccc3)cc2/C=N/Nc2ocnc2C#N)ccc1OC(C)C. The summed E-state index contributed by atoms with van der Waals surface area (Å²) >= 11 is 0. The van der Waals surface area contributed by atoms with E-state index in [-0.39, 0.29) is 17.7 Å². The lowest BCUT2D eigenvalue weighted by molar-refractivity contribution is 0.241. The fourth-order valence-electron chi connectivity index (χ4n) is 3.17. The fourth-order valence-corrected chi connectivity index (χ4v) is 3.17. The Bertz CT molecular complexity index is 1280. The minimum Gasteiger partial charge on any atom is -0.491 e. The average molecular weight is 426 g/mol. The standard InChI is InChI=1S/C24H22N6O2/c1-16(2)32-22-10-9-18(11-17(22)3)23-19(13-27-28-24-21(12-25)26-15-31-24)14-30(29-23)20-7-5-4-6-8-20/h4-11,13-16,28H,1-3H3/b27-13+. The number of benzene rings is 2. The van der Waals surface area contributed by atoms with Crippen molar-refractivity contribution in [3.05, 3.63) is 77.9 Å². The molecule has 0 saturated heterocycles. The largest absolute Gasteiger partial charge is 0.491 e. The number of nitriles is 1. The third kappa shape index (κ3) is 4.52. The second-order valence-electron chi connectivity index (χ2n) is 7.37. The van der Waals surface area contributed by atoms with Crippen molar-refractivity contribution in [2.45, 2.75) is 26.9 Å². The van der Waals surface area contributed by atoms with Crippen molar-refractivity contribution < 1.29 is 9.15 Å². The summed E-state index contributed by atoms with van der Waals surface area (Å²) in [6.45, 7) is 6.02. The van der Waals surface area contributed by atoms with Gasteiger partial charge in [-0.2, -0.15) is 15.5 Å². The predicted octanol–water partition coefficient (Wildman–Crippen LogP) is 4.94. The van der Waals surface area contributed by atoms with Crippen LogP contribution in [-0.2, 0) is 0 Å². The zero-order valence-electron chi connectivity index (χ0n) is 18.0. The number of nitrogens with zero attached hydrogens (tertiary/aromatic N) is 5. The Hall–Kier alpha value is -4.38. The minimum absolute atomic E-state index is 0.0972. The molecule has 0 aliphatic rings. The van der Waals surface area contributed by atoms with Gasteiger partial charge in [0.05, 0.1) is 18.0 Å². The zero-order valence-corrected chi connectivity index (χ0v) is 18.0. The molecule has 2 aromatic heterocycles. The number of nitrogens with one attached hydrogen (secondary N) is 1. The first-order valence-corrected chi connectivity index (χ1v) is 10.1. The fraction of sp³-hybridized carbons (Fsp3) is 0.167. The highest BCUT2D eigenvalue weighted by atomic mass is 16.5. The van der Waals surface area contributed by atoms with Crippen LogP contribution < -0.4 is 10.2 Å². The molecule has 0 radical (unpaired) electrons. The number of para-hydroxylation sites is 1. The number of hydrogen-bond acceptors (Lipinski definition) is 7. The van der Waals surface area contributed by atoms with Crippen LogP contribution in [0.25, 0.3) is 16.9 Å². The van der Waals surface area contributed by atoms with E-state index in [1.54, 1.807) is 10.9 Å². The first kappa shape index (κ1) is 20.9. The lowest BCUT2D eigenvalue weighted by Crippen LogP contribution is -2.06. The Morgan fingerprint density at radius 3 is 2.75 bits per heavy atom. The molecule has 1 N–H and O–H groups in total. The van der Waals surface area contributed by atoms with Gasteiger partial charge in [-0.3, -0.25) is 0 Å². The van der Waals surface area contributed by atoms with Crippen LogP contribution in [0.5, 0.6) is 5.75 Å². The van der Waals surface area contributed by atoms with Crippen molar-refractivity contribution in [2.24, 2.45) is 5.10 Å². The van der Waals surface area contributed by atoms with E-state index in [2.05, 4.69) is 15.5 Å². The monoisotopic (exact) mass is 426 g/mol. The molecular weight excluding hydrogens is 404 g/mol. The van der Waals surface area contributed by atoms with Gasteiger partial charge >= 0.3 is 0 Å². The summed E-state index contributed by atoms with van der Waals surface area (Å²) in [4.78, 5) is 3.82. The second-order valence-corrected chi connectivity index (χ2v) is 7.37. The number of aromatic nitrogens is 3. The molecular formula is C24H22N6O2. The summed E-state index contributed by atoms with van der Waals surface area (Å²) in [6.07, 6.45) is 4.83. The molecule has 4 rings (SSSR count). The second kappa shape index (κ2) is 9.18. The molecule has 8 nitrogen and oxygen atoms in total. The van der Waals surface area contributed by atoms with Crippen molar-refractivity contribution in [3.8, 4) is 28.8 Å². The summed E-state index contributed by atoms with van der Waals surface area (Å²) in [5.41, 5.74) is 7.30. The highest BCUT2D eigenvalue weighted by Crippen LogP contribution is 2.28. The van der Waals surface area contributed by atoms with E-state index in [9.17, 15) is 0 Å². The molecule has 0 fully saturated rings. The van der Waals surface area contributed by atoms with E-state index >= 15 is 0 Å². The molecule has 2 heterocycles. The Kier molecular flexibility index (Phi) is 5.99. The highest BCUT2D eigenvalue weighted by molar-refractivity contribution is 5.89. The summed E-state index contributed by atoms with van der Waals surface area (Å²) in [5.74, 6) is 1.03. The average Bonchev–Trinajstić information content (AvgIpc) is 3.42. The molecule has 2 aromatic carbocycles. The first-order chi connectivity index (χ1) is 15.5. The molecule has 32 heavy (non-hydrogen) atoms. The third-order valence-electron chi connectivity index (χ3n) is 4.62. The number of aryl methyl sites for hydroxylation is 1. The predicted molar refractivity (Wildman–Crippen MR) is 122 cm³/mol. The smallest absolute Gasteiger partial charge is 0.251 e. The zero-order chi connectivity index (χ0) is 22.5. The Morgan fingerprint density at radius 2 is 2.03 bits per heavy atom. The van der Waals surface area contributed by atoms with Crippen LogP contribution in [0, 0.1) is 18.3 Å². The summed E-state index contributed by atoms with van der Waals surface area (Å²) in [7, 11) is 0. The van der Waals surface area contributed by atoms with Gasteiger partial charge < -0.3 is 9.15 Å².